The van der Waals surface area contributed by atoms with E-state index in [-0.39, 0.29) is 0 Å². The van der Waals surface area contributed by atoms with Crippen LogP contribution in [0.1, 0.15) is 11.1 Å². The average Bonchev–Trinajstić information content (AvgIpc) is 2.29. The molecule has 0 radical (unpaired) electrons. The maximum Gasteiger partial charge on any atom is 0.414 e. The fraction of sp³-hybridized carbons (Fsp3) is 0.250. The van der Waals surface area contributed by atoms with Crippen LogP contribution in [0.3, 0.4) is 0 Å². The first kappa shape index (κ1) is 15.5. The second-order valence-corrected chi connectivity index (χ2v) is 4.12. The number of halogens is 4. The van der Waals surface area contributed by atoms with Gasteiger partial charge >= 0.3 is 6.18 Å². The van der Waals surface area contributed by atoms with Crippen LogP contribution in [0.2, 0.25) is 5.02 Å². The van der Waals surface area contributed by atoms with Crippen molar-refractivity contribution < 1.29 is 22.8 Å². The summed E-state index contributed by atoms with van der Waals surface area (Å²) in [5.41, 5.74) is 3.20. The molecule has 1 N–H and O–H groups in total. The van der Waals surface area contributed by atoms with Crippen LogP contribution in [0.4, 0.5) is 13.2 Å². The highest BCUT2D eigenvalue weighted by atomic mass is 35.5. The highest BCUT2D eigenvalue weighted by Gasteiger charge is 2.28. The van der Waals surface area contributed by atoms with Crippen LogP contribution < -0.4 is 5.48 Å². The smallest absolute Gasteiger partial charge is 0.268 e. The summed E-state index contributed by atoms with van der Waals surface area (Å²) in [6.45, 7) is 0.288. The van der Waals surface area contributed by atoms with E-state index in [0.717, 1.165) is 11.6 Å². The maximum absolute atomic E-state index is 11.7. The summed E-state index contributed by atoms with van der Waals surface area (Å²) in [6, 6.07) is 5.12. The second kappa shape index (κ2) is 6.58. The molecule has 3 nitrogen and oxygen atoms in total. The van der Waals surface area contributed by atoms with E-state index in [9.17, 15) is 18.0 Å². The van der Waals surface area contributed by atoms with E-state index in [4.69, 9.17) is 11.6 Å². The van der Waals surface area contributed by atoms with Gasteiger partial charge in [0.15, 0.2) is 6.61 Å². The minimum absolute atomic E-state index is 0.538. The number of nitrogens with one attached hydrogen (secondary N) is 1. The number of carbonyl (C=O) groups is 1. The van der Waals surface area contributed by atoms with E-state index in [1.807, 2.05) is 6.92 Å². The normalized spacial score (nSPS) is 11.8. The number of alkyl halides is 3. The molecule has 19 heavy (non-hydrogen) atoms. The van der Waals surface area contributed by atoms with E-state index >= 15 is 0 Å². The Labute approximate surface area is 113 Å². The quantitative estimate of drug-likeness (QED) is 0.683. The first-order valence-electron chi connectivity index (χ1n) is 5.21. The molecule has 0 saturated heterocycles. The molecule has 1 amide bonds. The Morgan fingerprint density at radius 1 is 1.47 bits per heavy atom. The molecule has 1 rings (SSSR count). The third-order valence-corrected chi connectivity index (χ3v) is 2.44. The third-order valence-electron chi connectivity index (χ3n) is 2.03. The zero-order valence-corrected chi connectivity index (χ0v) is 10.7. The van der Waals surface area contributed by atoms with Crippen LogP contribution in [0, 0.1) is 6.92 Å². The van der Waals surface area contributed by atoms with Crippen LogP contribution in [0.25, 0.3) is 6.08 Å². The molecule has 0 bridgehead atoms. The molecule has 104 valence electrons. The highest BCUT2D eigenvalue weighted by molar-refractivity contribution is 6.31. The van der Waals surface area contributed by atoms with E-state index in [1.165, 1.54) is 6.08 Å². The van der Waals surface area contributed by atoms with Crippen molar-refractivity contribution in [1.29, 1.82) is 0 Å². The van der Waals surface area contributed by atoms with Crippen molar-refractivity contribution in [3.63, 3.8) is 0 Å². The largest absolute Gasteiger partial charge is 0.414 e. The van der Waals surface area contributed by atoms with Crippen LogP contribution >= 0.6 is 11.6 Å². The first-order chi connectivity index (χ1) is 8.78. The minimum atomic E-state index is -4.48. The van der Waals surface area contributed by atoms with Gasteiger partial charge in [-0.25, -0.2) is 5.48 Å². The van der Waals surface area contributed by atoms with Crippen LogP contribution in [0.15, 0.2) is 24.3 Å². The van der Waals surface area contributed by atoms with Gasteiger partial charge in [0.1, 0.15) is 0 Å². The van der Waals surface area contributed by atoms with E-state index in [0.29, 0.717) is 10.6 Å². The first-order valence-corrected chi connectivity index (χ1v) is 5.58. The van der Waals surface area contributed by atoms with Crippen molar-refractivity contribution >= 4 is 23.6 Å². The maximum atomic E-state index is 11.7. The van der Waals surface area contributed by atoms with E-state index in [2.05, 4.69) is 4.84 Å². The molecule has 0 unspecified atom stereocenters. The third kappa shape index (κ3) is 6.26. The molecule has 0 aliphatic rings. The van der Waals surface area contributed by atoms with E-state index in [1.54, 1.807) is 23.7 Å². The van der Waals surface area contributed by atoms with Gasteiger partial charge in [0.25, 0.3) is 5.91 Å². The number of aryl methyl sites for hydroxylation is 1. The average molecular weight is 294 g/mol. The fourth-order valence-electron chi connectivity index (χ4n) is 1.11. The fourth-order valence-corrected chi connectivity index (χ4v) is 1.30. The molecule has 0 atom stereocenters. The predicted octanol–water partition coefficient (Wildman–Crippen LogP) is 3.27. The number of amides is 1. The second-order valence-electron chi connectivity index (χ2n) is 3.71. The predicted molar refractivity (Wildman–Crippen MR) is 65.4 cm³/mol. The van der Waals surface area contributed by atoms with Crippen LogP contribution in [-0.4, -0.2) is 18.7 Å². The lowest BCUT2D eigenvalue weighted by molar-refractivity contribution is -0.190. The van der Waals surface area contributed by atoms with Gasteiger partial charge in [-0.3, -0.25) is 9.63 Å². The van der Waals surface area contributed by atoms with Gasteiger partial charge in [-0.2, -0.15) is 13.2 Å². The minimum Gasteiger partial charge on any atom is -0.268 e. The summed E-state index contributed by atoms with van der Waals surface area (Å²) >= 11 is 5.88. The molecule has 0 aliphatic carbocycles. The van der Waals surface area contributed by atoms with Crippen LogP contribution in [-0.2, 0) is 9.63 Å². The molecule has 0 saturated carbocycles. The molecule has 0 heterocycles. The van der Waals surface area contributed by atoms with Crippen molar-refractivity contribution in [1.82, 2.24) is 5.48 Å². The number of carbonyl (C=O) groups excluding carboxylic acids is 1. The Morgan fingerprint density at radius 2 is 2.16 bits per heavy atom. The zero-order valence-electron chi connectivity index (χ0n) is 9.92. The molecule has 0 fully saturated rings. The van der Waals surface area contributed by atoms with E-state index < -0.39 is 18.7 Å². The lowest BCUT2D eigenvalue weighted by atomic mass is 10.1. The van der Waals surface area contributed by atoms with Gasteiger partial charge in [-0.05, 0) is 30.2 Å². The molecule has 7 heteroatoms. The summed E-state index contributed by atoms with van der Waals surface area (Å²) in [4.78, 5) is 15.1. The number of hydrogen-bond donors (Lipinski definition) is 1. The molecule has 0 aliphatic heterocycles. The van der Waals surface area contributed by atoms with Crippen molar-refractivity contribution in [3.8, 4) is 0 Å². The summed E-state index contributed by atoms with van der Waals surface area (Å²) in [5.74, 6) is -0.791. The van der Waals surface area contributed by atoms with Crippen molar-refractivity contribution in [2.75, 3.05) is 6.61 Å². The topological polar surface area (TPSA) is 38.3 Å². The number of hydrogen-bond acceptors (Lipinski definition) is 2. The Bertz CT molecular complexity index is 486. The Morgan fingerprint density at radius 3 is 2.74 bits per heavy atom. The zero-order chi connectivity index (χ0) is 14.5. The summed E-state index contributed by atoms with van der Waals surface area (Å²) in [5, 5.41) is 0.538. The Kier molecular flexibility index (Phi) is 5.38. The Hall–Kier alpha value is -1.53. The van der Waals surface area contributed by atoms with Gasteiger partial charge in [-0.1, -0.05) is 23.7 Å². The summed E-state index contributed by atoms with van der Waals surface area (Å²) < 4.78 is 35.2. The SMILES string of the molecule is Cc1ccc(/C=C/C(=O)NOCC(F)(F)F)cc1Cl. The van der Waals surface area contributed by atoms with Gasteiger partial charge in [0, 0.05) is 11.1 Å². The molecule has 0 spiro atoms. The van der Waals surface area contributed by atoms with Crippen LogP contribution in [0.5, 0.6) is 0 Å². The monoisotopic (exact) mass is 293 g/mol. The summed E-state index contributed by atoms with van der Waals surface area (Å²) in [6.07, 6.45) is -2.02. The summed E-state index contributed by atoms with van der Waals surface area (Å²) in [7, 11) is 0. The van der Waals surface area contributed by atoms with Crippen molar-refractivity contribution in [3.05, 3.63) is 40.4 Å². The molecule has 1 aromatic carbocycles. The van der Waals surface area contributed by atoms with Crippen molar-refractivity contribution in [2.45, 2.75) is 13.1 Å². The molecular weight excluding hydrogens is 283 g/mol. The van der Waals surface area contributed by atoms with Gasteiger partial charge in [0.05, 0.1) is 0 Å². The lowest BCUT2D eigenvalue weighted by Gasteiger charge is -2.06. The Balaban J connectivity index is 2.47. The van der Waals surface area contributed by atoms with Gasteiger partial charge in [-0.15, -0.1) is 0 Å². The van der Waals surface area contributed by atoms with Gasteiger partial charge in [0.2, 0.25) is 0 Å². The van der Waals surface area contributed by atoms with Gasteiger partial charge < -0.3 is 0 Å². The standard InChI is InChI=1S/C12H11ClF3NO2/c1-8-2-3-9(6-10(8)13)4-5-11(18)17-19-7-12(14,15)16/h2-6H,7H2,1H3,(H,17,18)/b5-4+. The molecule has 1 aromatic rings. The molecular formula is C12H11ClF3NO2. The lowest BCUT2D eigenvalue weighted by Crippen LogP contribution is -2.28. The highest BCUT2D eigenvalue weighted by Crippen LogP contribution is 2.17. The number of hydroxylamine groups is 1. The number of rotatable bonds is 4. The number of benzene rings is 1. The van der Waals surface area contributed by atoms with Crippen molar-refractivity contribution in [2.24, 2.45) is 0 Å². The molecule has 0 aromatic heterocycles.